The zero-order valence-electron chi connectivity index (χ0n) is 11.8. The van der Waals surface area contributed by atoms with Crippen LogP contribution in [0.25, 0.3) is 0 Å². The smallest absolute Gasteiger partial charge is 0.261 e. The van der Waals surface area contributed by atoms with Crippen molar-refractivity contribution in [3.63, 3.8) is 0 Å². The molecule has 4 heteroatoms. The van der Waals surface area contributed by atoms with Crippen molar-refractivity contribution >= 4 is 5.91 Å². The van der Waals surface area contributed by atoms with E-state index in [0.29, 0.717) is 6.54 Å². The number of rotatable bonds is 3. The first-order valence-electron chi connectivity index (χ1n) is 6.40. The third-order valence-electron chi connectivity index (χ3n) is 3.90. The van der Waals surface area contributed by atoms with Crippen molar-refractivity contribution in [2.24, 2.45) is 5.92 Å². The predicted molar refractivity (Wildman–Crippen MR) is 67.6 cm³/mol. The molecular formula is C13H25FN2O. The van der Waals surface area contributed by atoms with Gasteiger partial charge in [-0.15, -0.1) is 0 Å². The standard InChI is InChI=1S/C13H25FN2O/c1-9(2)15(6)12(17)13(14)8-16(10(3)4)7-11(13)5/h9-11H,7-8H2,1-6H3. The van der Waals surface area contributed by atoms with Crippen molar-refractivity contribution < 1.29 is 9.18 Å². The molecule has 0 aromatic carbocycles. The fourth-order valence-corrected chi connectivity index (χ4v) is 2.21. The molecule has 1 aliphatic rings. The molecule has 1 heterocycles. The number of hydrogen-bond donors (Lipinski definition) is 0. The van der Waals surface area contributed by atoms with Gasteiger partial charge in [-0.2, -0.15) is 0 Å². The summed E-state index contributed by atoms with van der Waals surface area (Å²) in [4.78, 5) is 15.8. The molecule has 1 fully saturated rings. The first-order chi connectivity index (χ1) is 7.70. The fraction of sp³-hybridized carbons (Fsp3) is 0.923. The van der Waals surface area contributed by atoms with E-state index in [-0.39, 0.29) is 30.5 Å². The number of nitrogens with zero attached hydrogens (tertiary/aromatic N) is 2. The second-order valence-corrected chi connectivity index (χ2v) is 5.80. The number of amides is 1. The van der Waals surface area contributed by atoms with Gasteiger partial charge in [0.15, 0.2) is 0 Å². The zero-order valence-corrected chi connectivity index (χ0v) is 11.8. The molecule has 0 saturated carbocycles. The van der Waals surface area contributed by atoms with E-state index in [1.54, 1.807) is 7.05 Å². The summed E-state index contributed by atoms with van der Waals surface area (Å²) in [5, 5.41) is 0. The highest BCUT2D eigenvalue weighted by molar-refractivity contribution is 5.86. The van der Waals surface area contributed by atoms with Crippen LogP contribution < -0.4 is 0 Å². The van der Waals surface area contributed by atoms with E-state index >= 15 is 0 Å². The lowest BCUT2D eigenvalue weighted by molar-refractivity contribution is -0.145. The van der Waals surface area contributed by atoms with Crippen LogP contribution in [0.15, 0.2) is 0 Å². The third-order valence-corrected chi connectivity index (χ3v) is 3.90. The van der Waals surface area contributed by atoms with E-state index in [0.717, 1.165) is 0 Å². The molecule has 0 aromatic heterocycles. The predicted octanol–water partition coefficient (Wildman–Crippen LogP) is 1.92. The summed E-state index contributed by atoms with van der Waals surface area (Å²) in [7, 11) is 1.68. The maximum atomic E-state index is 14.9. The van der Waals surface area contributed by atoms with Crippen molar-refractivity contribution in [3.05, 3.63) is 0 Å². The maximum Gasteiger partial charge on any atom is 0.261 e. The van der Waals surface area contributed by atoms with Gasteiger partial charge in [-0.05, 0) is 27.7 Å². The zero-order chi connectivity index (χ0) is 13.4. The topological polar surface area (TPSA) is 23.6 Å². The minimum Gasteiger partial charge on any atom is -0.341 e. The Morgan fingerprint density at radius 3 is 2.29 bits per heavy atom. The van der Waals surface area contributed by atoms with E-state index < -0.39 is 5.67 Å². The molecule has 2 unspecified atom stereocenters. The van der Waals surface area contributed by atoms with Crippen molar-refractivity contribution in [1.82, 2.24) is 9.80 Å². The first-order valence-corrected chi connectivity index (χ1v) is 6.40. The van der Waals surface area contributed by atoms with Crippen LogP contribution in [0.2, 0.25) is 0 Å². The van der Waals surface area contributed by atoms with Gasteiger partial charge in [0.1, 0.15) is 0 Å². The quantitative estimate of drug-likeness (QED) is 0.757. The van der Waals surface area contributed by atoms with Crippen LogP contribution in [0.5, 0.6) is 0 Å². The summed E-state index contributed by atoms with van der Waals surface area (Å²) in [6.45, 7) is 10.6. The number of halogens is 1. The molecule has 1 rings (SSSR count). The number of likely N-dealkylation sites (tertiary alicyclic amines) is 1. The minimum absolute atomic E-state index is 0.0374. The highest BCUT2D eigenvalue weighted by Gasteiger charge is 2.52. The van der Waals surface area contributed by atoms with Gasteiger partial charge < -0.3 is 4.90 Å². The molecule has 17 heavy (non-hydrogen) atoms. The second-order valence-electron chi connectivity index (χ2n) is 5.80. The first kappa shape index (κ1) is 14.4. The number of alkyl halides is 1. The third kappa shape index (κ3) is 2.62. The molecule has 0 aliphatic carbocycles. The summed E-state index contributed by atoms with van der Waals surface area (Å²) in [6.07, 6.45) is 0. The number of carbonyl (C=O) groups excluding carboxylic acids is 1. The summed E-state index contributed by atoms with van der Waals surface area (Å²) < 4.78 is 14.9. The summed E-state index contributed by atoms with van der Waals surface area (Å²) in [5.41, 5.74) is -1.72. The second kappa shape index (κ2) is 4.92. The number of carbonyl (C=O) groups is 1. The van der Waals surface area contributed by atoms with Crippen molar-refractivity contribution in [3.8, 4) is 0 Å². The lowest BCUT2D eigenvalue weighted by atomic mass is 9.92. The van der Waals surface area contributed by atoms with Crippen molar-refractivity contribution in [2.75, 3.05) is 20.1 Å². The van der Waals surface area contributed by atoms with Gasteiger partial charge in [0.25, 0.3) is 5.91 Å². The van der Waals surface area contributed by atoms with Crippen LogP contribution >= 0.6 is 0 Å². The SMILES string of the molecule is CC(C)N1CC(C)C(F)(C(=O)N(C)C(C)C)C1. The van der Waals surface area contributed by atoms with Crippen LogP contribution in [0.4, 0.5) is 4.39 Å². The Kier molecular flexibility index (Phi) is 4.18. The van der Waals surface area contributed by atoms with Crippen molar-refractivity contribution in [1.29, 1.82) is 0 Å². The van der Waals surface area contributed by atoms with E-state index in [1.165, 1.54) is 4.90 Å². The molecule has 2 atom stereocenters. The van der Waals surface area contributed by atoms with Crippen LogP contribution in [0.3, 0.4) is 0 Å². The van der Waals surface area contributed by atoms with Gasteiger partial charge in [0, 0.05) is 38.1 Å². The fourth-order valence-electron chi connectivity index (χ4n) is 2.21. The molecule has 3 nitrogen and oxygen atoms in total. The molecular weight excluding hydrogens is 219 g/mol. The van der Waals surface area contributed by atoms with Gasteiger partial charge >= 0.3 is 0 Å². The Balaban J connectivity index is 2.85. The van der Waals surface area contributed by atoms with Crippen LogP contribution in [0.1, 0.15) is 34.6 Å². The van der Waals surface area contributed by atoms with Crippen LogP contribution in [-0.4, -0.2) is 53.6 Å². The van der Waals surface area contributed by atoms with E-state index in [2.05, 4.69) is 0 Å². The molecule has 0 N–H and O–H groups in total. The highest BCUT2D eigenvalue weighted by Crippen LogP contribution is 2.34. The Labute approximate surface area is 104 Å². The molecule has 0 spiro atoms. The largest absolute Gasteiger partial charge is 0.341 e. The Bertz CT molecular complexity index is 293. The van der Waals surface area contributed by atoms with Gasteiger partial charge in [-0.25, -0.2) is 4.39 Å². The summed E-state index contributed by atoms with van der Waals surface area (Å²) in [6, 6.07) is 0.322. The van der Waals surface area contributed by atoms with Gasteiger partial charge in [-0.3, -0.25) is 9.69 Å². The number of hydrogen-bond acceptors (Lipinski definition) is 2. The molecule has 0 radical (unpaired) electrons. The summed E-state index contributed by atoms with van der Waals surface area (Å²) >= 11 is 0. The lowest BCUT2D eigenvalue weighted by Gasteiger charge is -2.31. The Morgan fingerprint density at radius 1 is 1.41 bits per heavy atom. The van der Waals surface area contributed by atoms with Gasteiger partial charge in [0.2, 0.25) is 5.67 Å². The van der Waals surface area contributed by atoms with Gasteiger partial charge in [-0.1, -0.05) is 6.92 Å². The van der Waals surface area contributed by atoms with E-state index in [1.807, 2.05) is 39.5 Å². The normalized spacial score (nSPS) is 30.3. The monoisotopic (exact) mass is 244 g/mol. The molecule has 1 amide bonds. The molecule has 0 aromatic rings. The lowest BCUT2D eigenvalue weighted by Crippen LogP contribution is -2.51. The average molecular weight is 244 g/mol. The average Bonchev–Trinajstić information content (AvgIpc) is 2.54. The Morgan fingerprint density at radius 2 is 1.94 bits per heavy atom. The van der Waals surface area contributed by atoms with E-state index in [4.69, 9.17) is 0 Å². The van der Waals surface area contributed by atoms with E-state index in [9.17, 15) is 9.18 Å². The molecule has 1 aliphatic heterocycles. The van der Waals surface area contributed by atoms with Crippen LogP contribution in [0, 0.1) is 5.92 Å². The van der Waals surface area contributed by atoms with Gasteiger partial charge in [0.05, 0.1) is 0 Å². The maximum absolute atomic E-state index is 14.9. The van der Waals surface area contributed by atoms with Crippen molar-refractivity contribution in [2.45, 2.75) is 52.4 Å². The van der Waals surface area contributed by atoms with Crippen LogP contribution in [-0.2, 0) is 4.79 Å². The summed E-state index contributed by atoms with van der Waals surface area (Å²) in [5.74, 6) is -0.609. The highest BCUT2D eigenvalue weighted by atomic mass is 19.1. The Hall–Kier alpha value is -0.640. The minimum atomic E-state index is -1.72. The molecule has 1 saturated heterocycles. The molecule has 100 valence electrons. The molecule has 0 bridgehead atoms.